The second-order valence-electron chi connectivity index (χ2n) is 4.45. The summed E-state index contributed by atoms with van der Waals surface area (Å²) in [5, 5.41) is 1.68. The number of Topliss-reactive ketones (excluding diaryl/α,β-unsaturated/α-hetero) is 1. The number of carbonyl (C=O) groups excluding carboxylic acids is 1. The van der Waals surface area contributed by atoms with E-state index in [9.17, 15) is 17.6 Å². The van der Waals surface area contributed by atoms with E-state index in [0.717, 1.165) is 0 Å². The molecular formula is C13H10FNO3S2. The van der Waals surface area contributed by atoms with Crippen molar-refractivity contribution in [3.63, 3.8) is 0 Å². The normalized spacial score (nSPS) is 17.1. The zero-order valence-electron chi connectivity index (χ0n) is 10.2. The molecule has 0 unspecified atom stereocenters. The zero-order chi connectivity index (χ0) is 14.3. The van der Waals surface area contributed by atoms with E-state index in [4.69, 9.17) is 0 Å². The molecule has 0 saturated carbocycles. The molecule has 1 aliphatic rings. The van der Waals surface area contributed by atoms with Crippen molar-refractivity contribution in [1.29, 1.82) is 0 Å². The van der Waals surface area contributed by atoms with E-state index in [-0.39, 0.29) is 12.3 Å². The third-order valence-corrected chi connectivity index (χ3v) is 5.60. The minimum atomic E-state index is -3.70. The van der Waals surface area contributed by atoms with Gasteiger partial charge in [-0.2, -0.15) is 0 Å². The molecule has 104 valence electrons. The van der Waals surface area contributed by atoms with Gasteiger partial charge in [0.2, 0.25) is 10.0 Å². The summed E-state index contributed by atoms with van der Waals surface area (Å²) in [6.45, 7) is 0.0249. The Kier molecular flexibility index (Phi) is 3.10. The maximum absolute atomic E-state index is 13.2. The Morgan fingerprint density at radius 1 is 1.30 bits per heavy atom. The van der Waals surface area contributed by atoms with Crippen LogP contribution in [0.1, 0.15) is 15.2 Å². The van der Waals surface area contributed by atoms with Crippen LogP contribution in [-0.4, -0.2) is 20.0 Å². The van der Waals surface area contributed by atoms with Crippen molar-refractivity contribution in [2.24, 2.45) is 0 Å². The number of hydrogen-bond donors (Lipinski definition) is 0. The summed E-state index contributed by atoms with van der Waals surface area (Å²) in [7, 11) is -3.70. The molecule has 20 heavy (non-hydrogen) atoms. The van der Waals surface area contributed by atoms with Crippen LogP contribution < -0.4 is 4.31 Å². The van der Waals surface area contributed by atoms with Gasteiger partial charge in [0.25, 0.3) is 0 Å². The Hall–Kier alpha value is -1.73. The molecule has 3 rings (SSSR count). The predicted octanol–water partition coefficient (Wildman–Crippen LogP) is 2.42. The highest BCUT2D eigenvalue weighted by Crippen LogP contribution is 2.34. The molecule has 0 amide bonds. The summed E-state index contributed by atoms with van der Waals surface area (Å²) < 4.78 is 38.7. The third kappa shape index (κ3) is 2.23. The summed E-state index contributed by atoms with van der Waals surface area (Å²) in [6.07, 6.45) is 0. The van der Waals surface area contributed by atoms with Crippen molar-refractivity contribution in [3.05, 3.63) is 52.0 Å². The topological polar surface area (TPSA) is 54.5 Å². The maximum Gasteiger partial charge on any atom is 0.243 e. The number of halogens is 1. The maximum atomic E-state index is 13.2. The molecule has 2 aromatic rings. The number of hydrogen-bond acceptors (Lipinski definition) is 4. The lowest BCUT2D eigenvalue weighted by molar-refractivity contribution is 0.102. The molecule has 2 heterocycles. The first-order valence-corrected chi connectivity index (χ1v) is 8.32. The molecule has 0 spiro atoms. The SMILES string of the molecule is O=C1CS(=O)(=O)N(Cc2cccc(F)c2)c2ccsc21. The van der Waals surface area contributed by atoms with E-state index in [0.29, 0.717) is 16.1 Å². The van der Waals surface area contributed by atoms with Crippen LogP contribution in [0.25, 0.3) is 0 Å². The molecule has 1 aliphatic heterocycles. The molecule has 1 aromatic carbocycles. The van der Waals surface area contributed by atoms with Gasteiger partial charge in [0.15, 0.2) is 5.78 Å². The average Bonchev–Trinajstić information content (AvgIpc) is 2.83. The monoisotopic (exact) mass is 311 g/mol. The Bertz CT molecular complexity index is 782. The highest BCUT2D eigenvalue weighted by molar-refractivity contribution is 7.93. The number of anilines is 1. The molecule has 4 nitrogen and oxygen atoms in total. The van der Waals surface area contributed by atoms with Crippen molar-refractivity contribution >= 4 is 32.8 Å². The number of ketones is 1. The lowest BCUT2D eigenvalue weighted by atomic mass is 10.2. The molecule has 0 fully saturated rings. The Morgan fingerprint density at radius 2 is 2.10 bits per heavy atom. The highest BCUT2D eigenvalue weighted by Gasteiger charge is 2.35. The molecule has 0 radical (unpaired) electrons. The van der Waals surface area contributed by atoms with Gasteiger partial charge in [0.05, 0.1) is 17.1 Å². The molecular weight excluding hydrogens is 301 g/mol. The van der Waals surface area contributed by atoms with E-state index >= 15 is 0 Å². The van der Waals surface area contributed by atoms with Gasteiger partial charge >= 0.3 is 0 Å². The quantitative estimate of drug-likeness (QED) is 0.856. The standard InChI is InChI=1S/C13H10FNO3S2/c14-10-3-1-2-9(6-10)7-15-11-4-5-19-13(11)12(16)8-20(15,17)18/h1-6H,7-8H2. The number of carbonyl (C=O) groups is 1. The minimum absolute atomic E-state index is 0.0249. The Morgan fingerprint density at radius 3 is 2.85 bits per heavy atom. The highest BCUT2D eigenvalue weighted by atomic mass is 32.2. The second kappa shape index (κ2) is 4.68. The summed E-state index contributed by atoms with van der Waals surface area (Å²) >= 11 is 1.22. The number of rotatable bonds is 2. The van der Waals surface area contributed by atoms with Crippen molar-refractivity contribution in [2.75, 3.05) is 10.1 Å². The van der Waals surface area contributed by atoms with Gasteiger partial charge in [-0.1, -0.05) is 12.1 Å². The van der Waals surface area contributed by atoms with Crippen molar-refractivity contribution in [2.45, 2.75) is 6.54 Å². The van der Waals surface area contributed by atoms with Gasteiger partial charge in [0, 0.05) is 0 Å². The van der Waals surface area contributed by atoms with Crippen molar-refractivity contribution in [3.8, 4) is 0 Å². The smallest absolute Gasteiger partial charge is 0.243 e. The zero-order valence-corrected chi connectivity index (χ0v) is 11.9. The van der Waals surface area contributed by atoms with Crippen LogP contribution in [0.5, 0.6) is 0 Å². The molecule has 0 atom stereocenters. The number of sulfonamides is 1. The van der Waals surface area contributed by atoms with Crippen molar-refractivity contribution in [1.82, 2.24) is 0 Å². The van der Waals surface area contributed by atoms with Crippen LogP contribution in [0.15, 0.2) is 35.7 Å². The first-order valence-electron chi connectivity index (χ1n) is 5.83. The van der Waals surface area contributed by atoms with Gasteiger partial charge in [-0.15, -0.1) is 11.3 Å². The van der Waals surface area contributed by atoms with Crippen LogP contribution >= 0.6 is 11.3 Å². The second-order valence-corrected chi connectivity index (χ2v) is 7.26. The number of fused-ring (bicyclic) bond motifs is 1. The fraction of sp³-hybridized carbons (Fsp3) is 0.154. The lowest BCUT2D eigenvalue weighted by Gasteiger charge is -2.27. The first kappa shape index (κ1) is 13.3. The van der Waals surface area contributed by atoms with Gasteiger partial charge in [-0.25, -0.2) is 12.8 Å². The molecule has 0 aliphatic carbocycles. The average molecular weight is 311 g/mol. The van der Waals surface area contributed by atoms with Crippen LogP contribution in [-0.2, 0) is 16.6 Å². The van der Waals surface area contributed by atoms with Gasteiger partial charge in [-0.3, -0.25) is 9.10 Å². The van der Waals surface area contributed by atoms with Crippen LogP contribution in [0.3, 0.4) is 0 Å². The minimum Gasteiger partial charge on any atom is -0.292 e. The molecule has 0 N–H and O–H groups in total. The summed E-state index contributed by atoms with van der Waals surface area (Å²) in [5.41, 5.74) is 0.926. The van der Waals surface area contributed by atoms with E-state index in [1.165, 1.54) is 33.8 Å². The molecule has 0 saturated heterocycles. The summed E-state index contributed by atoms with van der Waals surface area (Å²) in [6, 6.07) is 7.38. The molecule has 1 aromatic heterocycles. The number of thiophene rings is 1. The summed E-state index contributed by atoms with van der Waals surface area (Å²) in [5.74, 6) is -1.33. The van der Waals surface area contributed by atoms with E-state index in [1.54, 1.807) is 17.5 Å². The molecule has 7 heteroatoms. The van der Waals surface area contributed by atoms with Gasteiger partial charge in [-0.05, 0) is 29.1 Å². The van der Waals surface area contributed by atoms with Gasteiger partial charge in [0.1, 0.15) is 11.6 Å². The van der Waals surface area contributed by atoms with Crippen LogP contribution in [0.2, 0.25) is 0 Å². The first-order chi connectivity index (χ1) is 9.47. The fourth-order valence-corrected chi connectivity index (χ4v) is 4.57. The van der Waals surface area contributed by atoms with Crippen LogP contribution in [0, 0.1) is 5.82 Å². The van der Waals surface area contributed by atoms with E-state index in [1.807, 2.05) is 0 Å². The largest absolute Gasteiger partial charge is 0.292 e. The lowest BCUT2D eigenvalue weighted by Crippen LogP contribution is -2.39. The predicted molar refractivity (Wildman–Crippen MR) is 75.0 cm³/mol. The van der Waals surface area contributed by atoms with Crippen LogP contribution in [0.4, 0.5) is 10.1 Å². The number of nitrogens with zero attached hydrogens (tertiary/aromatic N) is 1. The fourth-order valence-electron chi connectivity index (χ4n) is 2.15. The van der Waals surface area contributed by atoms with Gasteiger partial charge < -0.3 is 0 Å². The number of benzene rings is 1. The van der Waals surface area contributed by atoms with E-state index < -0.39 is 21.6 Å². The Balaban J connectivity index is 2.04. The summed E-state index contributed by atoms with van der Waals surface area (Å²) in [4.78, 5) is 12.2. The molecule has 0 bridgehead atoms. The Labute approximate surface area is 119 Å². The van der Waals surface area contributed by atoms with E-state index in [2.05, 4.69) is 0 Å². The van der Waals surface area contributed by atoms with Crippen molar-refractivity contribution < 1.29 is 17.6 Å². The third-order valence-electron chi connectivity index (χ3n) is 3.03.